The van der Waals surface area contributed by atoms with Crippen LogP contribution in [0, 0.1) is 0 Å². The van der Waals surface area contributed by atoms with Crippen molar-refractivity contribution in [1.29, 1.82) is 0 Å². The summed E-state index contributed by atoms with van der Waals surface area (Å²) < 4.78 is 33.0. The molecule has 0 aromatic heterocycles. The molecule has 0 heterocycles. The van der Waals surface area contributed by atoms with E-state index >= 15 is 0 Å². The van der Waals surface area contributed by atoms with Gasteiger partial charge in [0.2, 0.25) is 11.5 Å². The molecule has 0 saturated heterocycles. The monoisotopic (exact) mass is 530 g/mol. The van der Waals surface area contributed by atoms with Crippen LogP contribution in [-0.4, -0.2) is 48.4 Å². The standard InChI is InChI=1S/C32H34O7/c1-34-26-14-20(15-27(35-2)31(26)38-5)12-24-18-23(22-10-8-7-9-11-22)19-25(30(24)33)13-21-16-28(36-3)32(39-6)29(17-21)37-4/h7-17,23H,18-19H2,1-6H3/b24-12+,25-13+. The van der Waals surface area contributed by atoms with Gasteiger partial charge in [0.15, 0.2) is 28.8 Å². The van der Waals surface area contributed by atoms with Crippen molar-refractivity contribution in [3.63, 3.8) is 0 Å². The molecule has 1 saturated carbocycles. The molecule has 0 N–H and O–H groups in total. The molecule has 0 aliphatic heterocycles. The van der Waals surface area contributed by atoms with Gasteiger partial charge < -0.3 is 28.4 Å². The second-order valence-corrected chi connectivity index (χ2v) is 9.10. The van der Waals surface area contributed by atoms with Crippen molar-refractivity contribution in [1.82, 2.24) is 0 Å². The maximum Gasteiger partial charge on any atom is 0.203 e. The summed E-state index contributed by atoms with van der Waals surface area (Å²) in [6.07, 6.45) is 5.02. The van der Waals surface area contributed by atoms with Gasteiger partial charge in [-0.15, -0.1) is 0 Å². The quantitative estimate of drug-likeness (QED) is 0.299. The first kappa shape index (κ1) is 27.6. The minimum absolute atomic E-state index is 0.00955. The molecule has 0 radical (unpaired) electrons. The average molecular weight is 531 g/mol. The smallest absolute Gasteiger partial charge is 0.203 e. The van der Waals surface area contributed by atoms with E-state index in [1.54, 1.807) is 42.7 Å². The minimum Gasteiger partial charge on any atom is -0.493 e. The van der Waals surface area contributed by atoms with Gasteiger partial charge in [-0.2, -0.15) is 0 Å². The van der Waals surface area contributed by atoms with Crippen LogP contribution in [0.2, 0.25) is 0 Å². The number of rotatable bonds is 9. The zero-order valence-corrected chi connectivity index (χ0v) is 23.2. The van der Waals surface area contributed by atoms with Crippen LogP contribution < -0.4 is 28.4 Å². The first-order chi connectivity index (χ1) is 19.0. The summed E-state index contributed by atoms with van der Waals surface area (Å²) >= 11 is 0. The second kappa shape index (κ2) is 12.4. The number of ether oxygens (including phenoxy) is 6. The van der Waals surface area contributed by atoms with Crippen molar-refractivity contribution in [2.24, 2.45) is 0 Å². The SMILES string of the molecule is COc1cc(/C=C2\CC(c3ccccc3)C/C(=C\c3cc(OC)c(OC)c(OC)c3)C2=O)cc(OC)c1OC. The highest BCUT2D eigenvalue weighted by Gasteiger charge is 2.29. The van der Waals surface area contributed by atoms with Gasteiger partial charge in [-0.1, -0.05) is 30.3 Å². The molecule has 0 amide bonds. The minimum atomic E-state index is -0.00955. The van der Waals surface area contributed by atoms with Crippen LogP contribution >= 0.6 is 0 Å². The third-order valence-electron chi connectivity index (χ3n) is 6.84. The Morgan fingerprint density at radius 3 is 1.31 bits per heavy atom. The fraction of sp³-hybridized carbons (Fsp3) is 0.281. The number of allylic oxidation sites excluding steroid dienone is 2. The molecule has 204 valence electrons. The molecule has 0 atom stereocenters. The summed E-state index contributed by atoms with van der Waals surface area (Å²) in [7, 11) is 9.42. The Morgan fingerprint density at radius 2 is 0.974 bits per heavy atom. The van der Waals surface area contributed by atoms with Crippen LogP contribution in [-0.2, 0) is 4.79 Å². The molecule has 3 aromatic rings. The number of ketones is 1. The van der Waals surface area contributed by atoms with Crippen molar-refractivity contribution in [2.45, 2.75) is 18.8 Å². The molecule has 1 aliphatic carbocycles. The lowest BCUT2D eigenvalue weighted by atomic mass is 9.76. The predicted octanol–water partition coefficient (Wildman–Crippen LogP) is 6.35. The number of Topliss-reactive ketones (excluding diaryl/α,β-unsaturated/α-hetero) is 1. The molecule has 7 nitrogen and oxygen atoms in total. The Kier molecular flexibility index (Phi) is 8.81. The van der Waals surface area contributed by atoms with E-state index in [9.17, 15) is 4.79 Å². The van der Waals surface area contributed by atoms with Gasteiger partial charge in [0.1, 0.15) is 0 Å². The highest BCUT2D eigenvalue weighted by molar-refractivity contribution is 6.14. The van der Waals surface area contributed by atoms with Crippen molar-refractivity contribution >= 4 is 17.9 Å². The van der Waals surface area contributed by atoms with E-state index < -0.39 is 0 Å². The number of hydrogen-bond acceptors (Lipinski definition) is 7. The summed E-state index contributed by atoms with van der Waals surface area (Å²) in [5.41, 5.74) is 4.14. The largest absolute Gasteiger partial charge is 0.493 e. The van der Waals surface area contributed by atoms with E-state index in [1.807, 2.05) is 54.6 Å². The van der Waals surface area contributed by atoms with Crippen molar-refractivity contribution < 1.29 is 33.2 Å². The Morgan fingerprint density at radius 1 is 0.590 bits per heavy atom. The van der Waals surface area contributed by atoms with Gasteiger partial charge in [0.05, 0.1) is 42.7 Å². The van der Waals surface area contributed by atoms with Gasteiger partial charge in [0.25, 0.3) is 0 Å². The van der Waals surface area contributed by atoms with Crippen LogP contribution in [0.15, 0.2) is 65.7 Å². The number of hydrogen-bond donors (Lipinski definition) is 0. The van der Waals surface area contributed by atoms with E-state index in [0.717, 1.165) is 11.1 Å². The molecule has 1 aliphatic rings. The summed E-state index contributed by atoms with van der Waals surface area (Å²) in [5, 5.41) is 0. The third kappa shape index (κ3) is 5.87. The van der Waals surface area contributed by atoms with Crippen LogP contribution in [0.3, 0.4) is 0 Å². The van der Waals surface area contributed by atoms with E-state index in [1.165, 1.54) is 5.56 Å². The van der Waals surface area contributed by atoms with Crippen LogP contribution in [0.25, 0.3) is 12.2 Å². The Hall–Kier alpha value is -4.39. The molecule has 0 spiro atoms. The molecule has 1 fully saturated rings. The van der Waals surface area contributed by atoms with Crippen molar-refractivity contribution in [3.05, 3.63) is 82.4 Å². The van der Waals surface area contributed by atoms with Crippen molar-refractivity contribution in [3.8, 4) is 34.5 Å². The second-order valence-electron chi connectivity index (χ2n) is 9.10. The lowest BCUT2D eigenvalue weighted by Crippen LogP contribution is -2.19. The molecule has 3 aromatic carbocycles. The third-order valence-corrected chi connectivity index (χ3v) is 6.84. The van der Waals surface area contributed by atoms with Gasteiger partial charge in [-0.05, 0) is 71.9 Å². The topological polar surface area (TPSA) is 72.5 Å². The van der Waals surface area contributed by atoms with Crippen LogP contribution in [0.1, 0.15) is 35.4 Å². The number of methoxy groups -OCH3 is 6. The van der Waals surface area contributed by atoms with Gasteiger partial charge in [-0.25, -0.2) is 0 Å². The summed E-state index contributed by atoms with van der Waals surface area (Å²) in [5.74, 6) is 3.23. The summed E-state index contributed by atoms with van der Waals surface area (Å²) in [6.45, 7) is 0. The fourth-order valence-electron chi connectivity index (χ4n) is 4.98. The number of carbonyl (C=O) groups excluding carboxylic acids is 1. The Labute approximate surface area is 229 Å². The van der Waals surface area contributed by atoms with Gasteiger partial charge in [0, 0.05) is 11.1 Å². The molecule has 4 rings (SSSR count). The molecule has 7 heteroatoms. The summed E-state index contributed by atoms with van der Waals surface area (Å²) in [6, 6.07) is 17.6. The predicted molar refractivity (Wildman–Crippen MR) is 152 cm³/mol. The first-order valence-electron chi connectivity index (χ1n) is 12.6. The normalized spacial score (nSPS) is 17.2. The van der Waals surface area contributed by atoms with E-state index in [0.29, 0.717) is 58.5 Å². The lowest BCUT2D eigenvalue weighted by Gasteiger charge is -2.26. The maximum absolute atomic E-state index is 13.9. The molecule has 39 heavy (non-hydrogen) atoms. The van der Waals surface area contributed by atoms with Crippen molar-refractivity contribution in [2.75, 3.05) is 42.7 Å². The zero-order chi connectivity index (χ0) is 27.9. The van der Waals surface area contributed by atoms with Crippen LogP contribution in [0.4, 0.5) is 0 Å². The van der Waals surface area contributed by atoms with Gasteiger partial charge in [-0.3, -0.25) is 4.79 Å². The summed E-state index contributed by atoms with van der Waals surface area (Å²) in [4.78, 5) is 13.9. The lowest BCUT2D eigenvalue weighted by molar-refractivity contribution is -0.113. The maximum atomic E-state index is 13.9. The van der Waals surface area contributed by atoms with Gasteiger partial charge >= 0.3 is 0 Å². The highest BCUT2D eigenvalue weighted by atomic mass is 16.5. The Bertz CT molecular complexity index is 1250. The van der Waals surface area contributed by atoms with E-state index in [4.69, 9.17) is 28.4 Å². The highest BCUT2D eigenvalue weighted by Crippen LogP contribution is 2.43. The number of benzene rings is 3. The van der Waals surface area contributed by atoms with E-state index in [-0.39, 0.29) is 11.7 Å². The first-order valence-corrected chi connectivity index (χ1v) is 12.6. The Balaban J connectivity index is 1.82. The average Bonchev–Trinajstić information content (AvgIpc) is 2.98. The molecule has 0 bridgehead atoms. The molecule has 0 unspecified atom stereocenters. The van der Waals surface area contributed by atoms with E-state index in [2.05, 4.69) is 12.1 Å². The molecular formula is C32H34O7. The fourth-order valence-corrected chi connectivity index (χ4v) is 4.98. The molecular weight excluding hydrogens is 496 g/mol. The zero-order valence-electron chi connectivity index (χ0n) is 23.2. The number of carbonyl (C=O) groups is 1. The van der Waals surface area contributed by atoms with Crippen LogP contribution in [0.5, 0.6) is 34.5 Å².